The Balaban J connectivity index is 2.08. The molecule has 3 nitrogen and oxygen atoms in total. The van der Waals surface area contributed by atoms with Gasteiger partial charge in [0.05, 0.1) is 5.69 Å². The third-order valence-electron chi connectivity index (χ3n) is 3.71. The van der Waals surface area contributed by atoms with Crippen molar-refractivity contribution in [1.29, 1.82) is 0 Å². The van der Waals surface area contributed by atoms with Crippen molar-refractivity contribution in [2.45, 2.75) is 30.9 Å². The zero-order valence-corrected chi connectivity index (χ0v) is 12.0. The van der Waals surface area contributed by atoms with Crippen molar-refractivity contribution in [3.63, 3.8) is 0 Å². The van der Waals surface area contributed by atoms with E-state index >= 15 is 0 Å². The Morgan fingerprint density at radius 2 is 2.28 bits per heavy atom. The van der Waals surface area contributed by atoms with Crippen LogP contribution in [-0.2, 0) is 4.79 Å². The molecular formula is C14H20N2OS. The number of hydrogen-bond donors (Lipinski definition) is 0. The molecule has 4 heteroatoms. The Hall–Kier alpha value is -1.03. The third-order valence-corrected chi connectivity index (χ3v) is 4.66. The number of carbonyl (C=O) groups excluding carboxylic acids is 1. The second-order valence-electron chi connectivity index (χ2n) is 4.90. The highest BCUT2D eigenvalue weighted by atomic mass is 32.2. The molecule has 1 aromatic heterocycles. The van der Waals surface area contributed by atoms with Crippen molar-refractivity contribution < 1.29 is 4.79 Å². The van der Waals surface area contributed by atoms with Crippen molar-refractivity contribution in [3.8, 4) is 0 Å². The third kappa shape index (κ3) is 2.86. The highest BCUT2D eigenvalue weighted by Crippen LogP contribution is 2.29. The summed E-state index contributed by atoms with van der Waals surface area (Å²) in [6, 6.07) is 4.23. The minimum atomic E-state index is 0.243. The molecule has 2 heterocycles. The molecule has 1 aromatic rings. The van der Waals surface area contributed by atoms with Crippen molar-refractivity contribution in [2.75, 3.05) is 19.8 Å². The summed E-state index contributed by atoms with van der Waals surface area (Å²) in [6.07, 6.45) is 5.71. The van der Waals surface area contributed by atoms with Crippen LogP contribution in [0, 0.1) is 0 Å². The molecule has 1 amide bonds. The average molecular weight is 264 g/mol. The smallest absolute Gasteiger partial charge is 0.222 e. The summed E-state index contributed by atoms with van der Waals surface area (Å²) in [5.74, 6) is 0.590. The fourth-order valence-corrected chi connectivity index (χ4v) is 2.63. The maximum absolute atomic E-state index is 11.7. The Labute approximate surface area is 113 Å². The molecule has 0 spiro atoms. The first-order chi connectivity index (χ1) is 8.61. The molecule has 0 aromatic carbocycles. The van der Waals surface area contributed by atoms with Crippen LogP contribution in [0.2, 0.25) is 0 Å². The van der Waals surface area contributed by atoms with E-state index in [1.54, 1.807) is 11.8 Å². The molecule has 1 saturated heterocycles. The number of pyridine rings is 1. The van der Waals surface area contributed by atoms with Gasteiger partial charge in [-0.2, -0.15) is 11.8 Å². The normalized spacial score (nSPS) is 22.1. The van der Waals surface area contributed by atoms with Crippen LogP contribution < -0.4 is 0 Å². The molecule has 2 rings (SSSR count). The molecule has 0 aliphatic carbocycles. The Bertz CT molecular complexity index is 418. The number of carbonyl (C=O) groups is 1. The summed E-state index contributed by atoms with van der Waals surface area (Å²) in [7, 11) is 1.88. The van der Waals surface area contributed by atoms with Gasteiger partial charge in [-0.25, -0.2) is 0 Å². The highest BCUT2D eigenvalue weighted by molar-refractivity contribution is 7.98. The number of likely N-dealkylation sites (tertiary alicyclic amines) is 1. The fourth-order valence-electron chi connectivity index (χ4n) is 2.25. The maximum Gasteiger partial charge on any atom is 0.222 e. The molecule has 0 radical (unpaired) electrons. The van der Waals surface area contributed by atoms with E-state index in [-0.39, 0.29) is 5.91 Å². The van der Waals surface area contributed by atoms with Gasteiger partial charge in [0.25, 0.3) is 0 Å². The number of aromatic nitrogens is 1. The van der Waals surface area contributed by atoms with Crippen molar-refractivity contribution in [2.24, 2.45) is 0 Å². The van der Waals surface area contributed by atoms with Crippen LogP contribution >= 0.6 is 11.8 Å². The van der Waals surface area contributed by atoms with Gasteiger partial charge in [0.15, 0.2) is 0 Å². The lowest BCUT2D eigenvalue weighted by Crippen LogP contribution is -2.34. The molecule has 0 bridgehead atoms. The van der Waals surface area contributed by atoms with Crippen molar-refractivity contribution >= 4 is 17.7 Å². The van der Waals surface area contributed by atoms with Crippen molar-refractivity contribution in [1.82, 2.24) is 9.88 Å². The molecule has 1 unspecified atom stereocenters. The van der Waals surface area contributed by atoms with Crippen LogP contribution in [0.3, 0.4) is 0 Å². The number of amides is 1. The van der Waals surface area contributed by atoms with Gasteiger partial charge in [-0.15, -0.1) is 0 Å². The lowest BCUT2D eigenvalue weighted by Gasteiger charge is -2.28. The van der Waals surface area contributed by atoms with Crippen LogP contribution in [0.1, 0.15) is 42.2 Å². The summed E-state index contributed by atoms with van der Waals surface area (Å²) in [6.45, 7) is 3.01. The lowest BCUT2D eigenvalue weighted by atomic mass is 9.90. The summed E-state index contributed by atoms with van der Waals surface area (Å²) < 4.78 is 0. The van der Waals surface area contributed by atoms with E-state index in [0.29, 0.717) is 17.6 Å². The van der Waals surface area contributed by atoms with Gasteiger partial charge in [0.1, 0.15) is 0 Å². The zero-order chi connectivity index (χ0) is 13.1. The molecular weight excluding hydrogens is 244 g/mol. The van der Waals surface area contributed by atoms with Crippen molar-refractivity contribution in [3.05, 3.63) is 29.6 Å². The molecule has 1 fully saturated rings. The van der Waals surface area contributed by atoms with E-state index in [1.165, 1.54) is 5.56 Å². The van der Waals surface area contributed by atoms with Gasteiger partial charge in [-0.1, -0.05) is 6.07 Å². The first-order valence-electron chi connectivity index (χ1n) is 6.34. The van der Waals surface area contributed by atoms with Gasteiger partial charge >= 0.3 is 0 Å². The summed E-state index contributed by atoms with van der Waals surface area (Å²) >= 11 is 1.80. The molecule has 0 saturated carbocycles. The van der Waals surface area contributed by atoms with Gasteiger partial charge < -0.3 is 4.90 Å². The van der Waals surface area contributed by atoms with Crippen LogP contribution in [0.5, 0.6) is 0 Å². The van der Waals surface area contributed by atoms with Gasteiger partial charge in [0, 0.05) is 31.5 Å². The molecule has 1 aliphatic heterocycles. The lowest BCUT2D eigenvalue weighted by molar-refractivity contribution is -0.132. The second-order valence-corrected chi connectivity index (χ2v) is 6.08. The predicted molar refractivity (Wildman–Crippen MR) is 75.8 cm³/mol. The quantitative estimate of drug-likeness (QED) is 0.841. The summed E-state index contributed by atoms with van der Waals surface area (Å²) in [5.41, 5.74) is 2.32. The molecule has 0 N–H and O–H groups in total. The standard InChI is InChI=1S/C14H20N2OS/c1-10(18-3)13-5-4-12(9-15-13)11-6-7-16(2)14(17)8-11/h4-5,9-11H,6-8H2,1-3H3/t10?,11-/m0/s1. The SMILES string of the molecule is CSC(C)c1ccc([C@H]2CCN(C)C(=O)C2)cn1. The first kappa shape index (κ1) is 13.4. The molecule has 2 atom stereocenters. The van der Waals surface area contributed by atoms with E-state index < -0.39 is 0 Å². The number of nitrogens with zero attached hydrogens (tertiary/aromatic N) is 2. The van der Waals surface area contributed by atoms with E-state index in [1.807, 2.05) is 18.1 Å². The molecule has 98 valence electrons. The van der Waals surface area contributed by atoms with E-state index in [0.717, 1.165) is 18.7 Å². The number of thioether (sulfide) groups is 1. The van der Waals surface area contributed by atoms with E-state index in [4.69, 9.17) is 0 Å². The predicted octanol–water partition coefficient (Wildman–Crippen LogP) is 2.84. The average Bonchev–Trinajstić information content (AvgIpc) is 2.41. The Kier molecular flexibility index (Phi) is 4.27. The zero-order valence-electron chi connectivity index (χ0n) is 11.2. The first-order valence-corrected chi connectivity index (χ1v) is 7.63. The Morgan fingerprint density at radius 3 is 2.83 bits per heavy atom. The molecule has 18 heavy (non-hydrogen) atoms. The van der Waals surface area contributed by atoms with E-state index in [9.17, 15) is 4.79 Å². The summed E-state index contributed by atoms with van der Waals surface area (Å²) in [4.78, 5) is 18.0. The minimum absolute atomic E-state index is 0.243. The van der Waals surface area contributed by atoms with Crippen LogP contribution in [-0.4, -0.2) is 35.6 Å². The number of piperidine rings is 1. The monoisotopic (exact) mass is 264 g/mol. The topological polar surface area (TPSA) is 33.2 Å². The Morgan fingerprint density at radius 1 is 1.50 bits per heavy atom. The minimum Gasteiger partial charge on any atom is -0.346 e. The largest absolute Gasteiger partial charge is 0.346 e. The van der Waals surface area contributed by atoms with Crippen LogP contribution in [0.25, 0.3) is 0 Å². The number of rotatable bonds is 3. The maximum atomic E-state index is 11.7. The fraction of sp³-hybridized carbons (Fsp3) is 0.571. The molecule has 1 aliphatic rings. The van der Waals surface area contributed by atoms with Gasteiger partial charge in [-0.05, 0) is 37.1 Å². The number of hydrogen-bond acceptors (Lipinski definition) is 3. The summed E-state index contributed by atoms with van der Waals surface area (Å²) in [5, 5.41) is 0.429. The highest BCUT2D eigenvalue weighted by Gasteiger charge is 2.24. The van der Waals surface area contributed by atoms with Crippen LogP contribution in [0.4, 0.5) is 0 Å². The van der Waals surface area contributed by atoms with E-state index in [2.05, 4.69) is 30.3 Å². The van der Waals surface area contributed by atoms with Crippen LogP contribution in [0.15, 0.2) is 18.3 Å². The second kappa shape index (κ2) is 5.74. The van der Waals surface area contributed by atoms with Gasteiger partial charge in [-0.3, -0.25) is 9.78 Å². The van der Waals surface area contributed by atoms with Gasteiger partial charge in [0.2, 0.25) is 5.91 Å².